The number of rotatable bonds is 3. The first-order valence-corrected chi connectivity index (χ1v) is 9.33. The number of aromatic nitrogens is 4. The zero-order chi connectivity index (χ0) is 19.8. The van der Waals surface area contributed by atoms with E-state index in [4.69, 9.17) is 0 Å². The predicted octanol–water partition coefficient (Wildman–Crippen LogP) is 1.72. The molecule has 0 bridgehead atoms. The Kier molecular flexibility index (Phi) is 4.54. The van der Waals surface area contributed by atoms with Crippen LogP contribution in [-0.2, 0) is 4.79 Å². The van der Waals surface area contributed by atoms with E-state index in [0.29, 0.717) is 18.8 Å². The Bertz CT molecular complexity index is 1050. The number of amides is 2. The number of hydrogen-bond donors (Lipinski definition) is 1. The number of carbonyl (C=O) groups is 2. The van der Waals surface area contributed by atoms with Gasteiger partial charge in [-0.15, -0.1) is 5.10 Å². The molecule has 1 atom stereocenters. The zero-order valence-corrected chi connectivity index (χ0v) is 16.1. The van der Waals surface area contributed by atoms with Crippen LogP contribution in [0.3, 0.4) is 0 Å². The summed E-state index contributed by atoms with van der Waals surface area (Å²) in [5.41, 5.74) is 1.75. The monoisotopic (exact) mass is 378 g/mol. The molecule has 0 radical (unpaired) electrons. The lowest BCUT2D eigenvalue weighted by Crippen LogP contribution is -2.59. The Labute approximate surface area is 162 Å². The van der Waals surface area contributed by atoms with Crippen molar-refractivity contribution in [3.8, 4) is 5.69 Å². The number of benzene rings is 1. The van der Waals surface area contributed by atoms with Crippen molar-refractivity contribution in [2.24, 2.45) is 5.92 Å². The van der Waals surface area contributed by atoms with Gasteiger partial charge in [0.2, 0.25) is 5.91 Å². The standard InChI is InChI=1S/C20H22N6O2/c1-12(2)18-19(27)22-9-10-25(18)20(28)17-13(3)26(24-23-17)16-6-4-5-14-11-21-8-7-15(14)16/h4-8,11-12,18H,9-10H2,1-3H3,(H,22,27)/t18-/m1/s1. The maximum Gasteiger partial charge on any atom is 0.277 e. The number of nitrogens with one attached hydrogen (secondary N) is 1. The molecule has 144 valence electrons. The first-order chi connectivity index (χ1) is 13.5. The second-order valence-electron chi connectivity index (χ2n) is 7.29. The molecule has 0 aliphatic carbocycles. The molecule has 1 aliphatic rings. The van der Waals surface area contributed by atoms with Gasteiger partial charge in [-0.3, -0.25) is 14.6 Å². The van der Waals surface area contributed by atoms with E-state index in [1.54, 1.807) is 22.0 Å². The Morgan fingerprint density at radius 2 is 2.11 bits per heavy atom. The van der Waals surface area contributed by atoms with E-state index >= 15 is 0 Å². The van der Waals surface area contributed by atoms with Crippen LogP contribution in [0.2, 0.25) is 0 Å². The molecule has 1 saturated heterocycles. The lowest BCUT2D eigenvalue weighted by Gasteiger charge is -2.36. The van der Waals surface area contributed by atoms with Crippen molar-refractivity contribution in [2.45, 2.75) is 26.8 Å². The minimum atomic E-state index is -0.505. The van der Waals surface area contributed by atoms with Gasteiger partial charge in [0.05, 0.1) is 11.4 Å². The van der Waals surface area contributed by atoms with E-state index in [2.05, 4.69) is 20.6 Å². The second kappa shape index (κ2) is 7.03. The Morgan fingerprint density at radius 3 is 2.89 bits per heavy atom. The summed E-state index contributed by atoms with van der Waals surface area (Å²) in [6, 6.07) is 7.24. The highest BCUT2D eigenvalue weighted by molar-refractivity contribution is 5.98. The van der Waals surface area contributed by atoms with Crippen LogP contribution in [0.15, 0.2) is 36.7 Å². The molecule has 8 nitrogen and oxygen atoms in total. The molecule has 0 saturated carbocycles. The molecule has 28 heavy (non-hydrogen) atoms. The van der Waals surface area contributed by atoms with Gasteiger partial charge in [0.1, 0.15) is 6.04 Å². The van der Waals surface area contributed by atoms with Crippen LogP contribution in [-0.4, -0.2) is 55.8 Å². The van der Waals surface area contributed by atoms with Crippen LogP contribution in [0, 0.1) is 12.8 Å². The van der Waals surface area contributed by atoms with Gasteiger partial charge in [0, 0.05) is 36.3 Å². The molecule has 3 heterocycles. The summed E-state index contributed by atoms with van der Waals surface area (Å²) in [6.07, 6.45) is 3.51. The van der Waals surface area contributed by atoms with Crippen LogP contribution in [0.1, 0.15) is 30.0 Å². The third kappa shape index (κ3) is 2.90. The molecule has 1 aromatic carbocycles. The van der Waals surface area contributed by atoms with Crippen molar-refractivity contribution in [3.05, 3.63) is 48.0 Å². The maximum atomic E-state index is 13.2. The topological polar surface area (TPSA) is 93.0 Å². The third-order valence-electron chi connectivity index (χ3n) is 5.13. The van der Waals surface area contributed by atoms with Crippen molar-refractivity contribution in [2.75, 3.05) is 13.1 Å². The fraction of sp³-hybridized carbons (Fsp3) is 0.350. The number of carbonyl (C=O) groups excluding carboxylic acids is 2. The second-order valence-corrected chi connectivity index (χ2v) is 7.29. The minimum absolute atomic E-state index is 0.00479. The highest BCUT2D eigenvalue weighted by Crippen LogP contribution is 2.24. The summed E-state index contributed by atoms with van der Waals surface area (Å²) >= 11 is 0. The largest absolute Gasteiger partial charge is 0.353 e. The van der Waals surface area contributed by atoms with Crippen LogP contribution >= 0.6 is 0 Å². The highest BCUT2D eigenvalue weighted by atomic mass is 16.2. The molecular formula is C20H22N6O2. The molecule has 2 aromatic heterocycles. The summed E-state index contributed by atoms with van der Waals surface area (Å²) in [7, 11) is 0. The van der Waals surface area contributed by atoms with E-state index in [1.165, 1.54) is 0 Å². The molecule has 4 rings (SSSR count). The average molecular weight is 378 g/mol. The van der Waals surface area contributed by atoms with Gasteiger partial charge in [-0.25, -0.2) is 4.68 Å². The van der Waals surface area contributed by atoms with Crippen LogP contribution in [0.5, 0.6) is 0 Å². The number of pyridine rings is 1. The summed E-state index contributed by atoms with van der Waals surface area (Å²) in [6.45, 7) is 6.59. The third-order valence-corrected chi connectivity index (χ3v) is 5.13. The van der Waals surface area contributed by atoms with Crippen molar-refractivity contribution in [1.29, 1.82) is 0 Å². The molecule has 0 spiro atoms. The Balaban J connectivity index is 1.74. The fourth-order valence-corrected chi connectivity index (χ4v) is 3.76. The van der Waals surface area contributed by atoms with Gasteiger partial charge in [0.25, 0.3) is 5.91 Å². The van der Waals surface area contributed by atoms with E-state index in [0.717, 1.165) is 16.5 Å². The SMILES string of the molecule is Cc1c(C(=O)N2CCNC(=O)[C@H]2C(C)C)nnn1-c1cccc2cnccc12. The van der Waals surface area contributed by atoms with E-state index in [-0.39, 0.29) is 23.4 Å². The maximum absolute atomic E-state index is 13.2. The molecule has 3 aromatic rings. The quantitative estimate of drug-likeness (QED) is 0.749. The van der Waals surface area contributed by atoms with Gasteiger partial charge in [-0.05, 0) is 25.0 Å². The van der Waals surface area contributed by atoms with Gasteiger partial charge in [-0.1, -0.05) is 31.2 Å². The van der Waals surface area contributed by atoms with Crippen molar-refractivity contribution in [3.63, 3.8) is 0 Å². The van der Waals surface area contributed by atoms with Crippen LogP contribution < -0.4 is 5.32 Å². The summed E-state index contributed by atoms with van der Waals surface area (Å²) < 4.78 is 1.67. The van der Waals surface area contributed by atoms with Crippen molar-refractivity contribution < 1.29 is 9.59 Å². The first-order valence-electron chi connectivity index (χ1n) is 9.33. The highest BCUT2D eigenvalue weighted by Gasteiger charge is 2.37. The number of fused-ring (bicyclic) bond motifs is 1. The van der Waals surface area contributed by atoms with E-state index in [1.807, 2.05) is 45.0 Å². The predicted molar refractivity (Wildman–Crippen MR) is 104 cm³/mol. The average Bonchev–Trinajstić information content (AvgIpc) is 3.07. The normalized spacial score (nSPS) is 17.2. The lowest BCUT2D eigenvalue weighted by molar-refractivity contribution is -0.129. The van der Waals surface area contributed by atoms with Gasteiger partial charge < -0.3 is 10.2 Å². The smallest absolute Gasteiger partial charge is 0.277 e. The molecule has 1 fully saturated rings. The Morgan fingerprint density at radius 1 is 1.29 bits per heavy atom. The molecule has 8 heteroatoms. The lowest BCUT2D eigenvalue weighted by atomic mass is 9.99. The molecule has 1 N–H and O–H groups in total. The van der Waals surface area contributed by atoms with Crippen LogP contribution in [0.25, 0.3) is 16.5 Å². The zero-order valence-electron chi connectivity index (χ0n) is 16.1. The number of hydrogen-bond acceptors (Lipinski definition) is 5. The van der Waals surface area contributed by atoms with E-state index < -0.39 is 6.04 Å². The minimum Gasteiger partial charge on any atom is -0.353 e. The van der Waals surface area contributed by atoms with Gasteiger partial charge in [0.15, 0.2) is 5.69 Å². The summed E-state index contributed by atoms with van der Waals surface area (Å²) in [5.74, 6) is -0.384. The van der Waals surface area contributed by atoms with E-state index in [9.17, 15) is 9.59 Å². The summed E-state index contributed by atoms with van der Waals surface area (Å²) in [5, 5.41) is 13.2. The number of nitrogens with zero attached hydrogens (tertiary/aromatic N) is 5. The fourth-order valence-electron chi connectivity index (χ4n) is 3.76. The van der Waals surface area contributed by atoms with Crippen LogP contribution in [0.4, 0.5) is 0 Å². The molecular weight excluding hydrogens is 356 g/mol. The van der Waals surface area contributed by atoms with Gasteiger partial charge >= 0.3 is 0 Å². The number of piperazine rings is 1. The first kappa shape index (κ1) is 18.1. The van der Waals surface area contributed by atoms with Crippen molar-refractivity contribution >= 4 is 22.6 Å². The molecule has 1 aliphatic heterocycles. The molecule has 0 unspecified atom stereocenters. The van der Waals surface area contributed by atoms with Gasteiger partial charge in [-0.2, -0.15) is 0 Å². The van der Waals surface area contributed by atoms with Crippen molar-refractivity contribution in [1.82, 2.24) is 30.2 Å². The summed E-state index contributed by atoms with van der Waals surface area (Å²) in [4.78, 5) is 31.3. The Hall–Kier alpha value is -3.29. The molecule has 2 amide bonds.